The zero-order valence-corrected chi connectivity index (χ0v) is 12.2. The van der Waals surface area contributed by atoms with Crippen LogP contribution in [-0.4, -0.2) is 14.6 Å². The third kappa shape index (κ3) is 1.92. The number of hydrogen-bond donors (Lipinski definition) is 1. The van der Waals surface area contributed by atoms with E-state index in [4.69, 9.17) is 11.0 Å². The topological polar surface area (TPSA) is 80.0 Å². The third-order valence-corrected chi connectivity index (χ3v) is 3.54. The third-order valence-electron chi connectivity index (χ3n) is 3.05. The zero-order valence-electron chi connectivity index (χ0n) is 10.6. The van der Waals surface area contributed by atoms with Crippen LogP contribution in [0.3, 0.4) is 0 Å². The van der Waals surface area contributed by atoms with Crippen LogP contribution in [0.1, 0.15) is 11.3 Å². The summed E-state index contributed by atoms with van der Waals surface area (Å²) in [6.45, 7) is 1.76. The van der Waals surface area contributed by atoms with Gasteiger partial charge in [0.2, 0.25) is 0 Å². The standard InChI is InChI=1S/C14H10BrN5/c1-8-11(7-16)14(17)20-13(18-8)6-12(19-20)9-3-2-4-10(15)5-9/h2-6H,17H2,1H3. The largest absolute Gasteiger partial charge is 0.382 e. The lowest BCUT2D eigenvalue weighted by Crippen LogP contribution is -2.05. The van der Waals surface area contributed by atoms with Crippen molar-refractivity contribution < 1.29 is 0 Å². The fraction of sp³-hybridized carbons (Fsp3) is 0.0714. The van der Waals surface area contributed by atoms with E-state index in [1.165, 1.54) is 4.52 Å². The van der Waals surface area contributed by atoms with E-state index in [2.05, 4.69) is 32.1 Å². The monoisotopic (exact) mass is 327 g/mol. The second-order valence-corrected chi connectivity index (χ2v) is 5.29. The molecule has 0 spiro atoms. The molecule has 0 amide bonds. The molecule has 0 aliphatic carbocycles. The number of nitrogens with two attached hydrogens (primary N) is 1. The summed E-state index contributed by atoms with van der Waals surface area (Å²) in [5.74, 6) is 0.316. The zero-order chi connectivity index (χ0) is 14.3. The first kappa shape index (κ1) is 12.6. The van der Waals surface area contributed by atoms with Crippen LogP contribution in [0, 0.1) is 18.3 Å². The predicted molar refractivity (Wildman–Crippen MR) is 80.0 cm³/mol. The van der Waals surface area contributed by atoms with Crippen LogP contribution >= 0.6 is 15.9 Å². The summed E-state index contributed by atoms with van der Waals surface area (Å²) in [7, 11) is 0. The minimum absolute atomic E-state index is 0.316. The molecule has 2 aromatic heterocycles. The number of halogens is 1. The number of fused-ring (bicyclic) bond motifs is 1. The summed E-state index contributed by atoms with van der Waals surface area (Å²) in [5, 5.41) is 13.5. The van der Waals surface area contributed by atoms with Gasteiger partial charge >= 0.3 is 0 Å². The molecule has 0 saturated heterocycles. The van der Waals surface area contributed by atoms with Gasteiger partial charge in [0, 0.05) is 16.1 Å². The number of nitrogen functional groups attached to an aromatic ring is 1. The van der Waals surface area contributed by atoms with Crippen molar-refractivity contribution in [2.24, 2.45) is 0 Å². The Morgan fingerprint density at radius 1 is 1.35 bits per heavy atom. The Bertz CT molecular complexity index is 860. The number of aromatic nitrogens is 3. The van der Waals surface area contributed by atoms with Gasteiger partial charge in [0.1, 0.15) is 17.5 Å². The summed E-state index contributed by atoms with van der Waals surface area (Å²) in [5.41, 5.74) is 9.31. The molecular weight excluding hydrogens is 318 g/mol. The van der Waals surface area contributed by atoms with E-state index < -0.39 is 0 Å². The fourth-order valence-electron chi connectivity index (χ4n) is 2.07. The second kappa shape index (κ2) is 4.62. The molecule has 98 valence electrons. The van der Waals surface area contributed by atoms with Crippen molar-refractivity contribution in [1.82, 2.24) is 14.6 Å². The molecule has 5 nitrogen and oxygen atoms in total. The van der Waals surface area contributed by atoms with Gasteiger partial charge in [-0.2, -0.15) is 14.9 Å². The Hall–Kier alpha value is -2.39. The van der Waals surface area contributed by atoms with Crippen molar-refractivity contribution in [3.8, 4) is 17.3 Å². The second-order valence-electron chi connectivity index (χ2n) is 4.38. The molecule has 0 atom stereocenters. The first-order chi connectivity index (χ1) is 9.60. The highest BCUT2D eigenvalue weighted by atomic mass is 79.9. The van der Waals surface area contributed by atoms with Gasteiger partial charge in [-0.25, -0.2) is 4.98 Å². The molecule has 0 aliphatic heterocycles. The minimum atomic E-state index is 0.316. The number of anilines is 1. The van der Waals surface area contributed by atoms with Gasteiger partial charge < -0.3 is 5.73 Å². The summed E-state index contributed by atoms with van der Waals surface area (Å²) in [4.78, 5) is 4.36. The van der Waals surface area contributed by atoms with Gasteiger partial charge in [-0.3, -0.25) is 0 Å². The molecule has 1 aromatic carbocycles. The Morgan fingerprint density at radius 3 is 2.85 bits per heavy atom. The quantitative estimate of drug-likeness (QED) is 0.745. The van der Waals surface area contributed by atoms with Crippen LogP contribution in [-0.2, 0) is 0 Å². The number of hydrogen-bond acceptors (Lipinski definition) is 4. The molecule has 3 aromatic rings. The van der Waals surface area contributed by atoms with Crippen LogP contribution in [0.5, 0.6) is 0 Å². The lowest BCUT2D eigenvalue weighted by atomic mass is 10.2. The Labute approximate surface area is 123 Å². The van der Waals surface area contributed by atoms with E-state index in [9.17, 15) is 0 Å². The first-order valence-corrected chi connectivity index (χ1v) is 6.71. The van der Waals surface area contributed by atoms with Gasteiger partial charge in [0.05, 0.1) is 11.4 Å². The fourth-order valence-corrected chi connectivity index (χ4v) is 2.47. The molecule has 0 radical (unpaired) electrons. The van der Waals surface area contributed by atoms with Gasteiger partial charge in [-0.05, 0) is 19.1 Å². The van der Waals surface area contributed by atoms with Gasteiger partial charge in [-0.15, -0.1) is 0 Å². The Morgan fingerprint density at radius 2 is 2.15 bits per heavy atom. The smallest absolute Gasteiger partial charge is 0.158 e. The molecule has 6 heteroatoms. The van der Waals surface area contributed by atoms with Gasteiger partial charge in [0.15, 0.2) is 5.65 Å². The minimum Gasteiger partial charge on any atom is -0.382 e. The summed E-state index contributed by atoms with van der Waals surface area (Å²) < 4.78 is 2.48. The van der Waals surface area contributed by atoms with Gasteiger partial charge in [-0.1, -0.05) is 28.1 Å². The molecule has 3 rings (SSSR count). The number of rotatable bonds is 1. The van der Waals surface area contributed by atoms with Crippen LogP contribution in [0.15, 0.2) is 34.8 Å². The SMILES string of the molecule is Cc1nc2cc(-c3cccc(Br)c3)nn2c(N)c1C#N. The molecule has 20 heavy (non-hydrogen) atoms. The number of benzene rings is 1. The number of nitrogens with zero attached hydrogens (tertiary/aromatic N) is 4. The van der Waals surface area contributed by atoms with Crippen molar-refractivity contribution in [2.45, 2.75) is 6.92 Å². The van der Waals surface area contributed by atoms with Crippen LogP contribution < -0.4 is 5.73 Å². The normalized spacial score (nSPS) is 10.7. The maximum Gasteiger partial charge on any atom is 0.158 e. The highest BCUT2D eigenvalue weighted by Crippen LogP contribution is 2.25. The van der Waals surface area contributed by atoms with Crippen LogP contribution in [0.25, 0.3) is 16.9 Å². The van der Waals surface area contributed by atoms with E-state index in [1.54, 1.807) is 6.92 Å². The summed E-state index contributed by atoms with van der Waals surface area (Å²) in [6.07, 6.45) is 0. The van der Waals surface area contributed by atoms with Crippen molar-refractivity contribution in [1.29, 1.82) is 5.26 Å². The number of nitriles is 1. The Balaban J connectivity index is 2.27. The summed E-state index contributed by atoms with van der Waals surface area (Å²) >= 11 is 3.43. The van der Waals surface area contributed by atoms with E-state index in [0.29, 0.717) is 22.7 Å². The maximum atomic E-state index is 9.10. The van der Waals surface area contributed by atoms with E-state index >= 15 is 0 Å². The van der Waals surface area contributed by atoms with E-state index in [0.717, 1.165) is 15.7 Å². The average molecular weight is 328 g/mol. The molecule has 0 saturated carbocycles. The molecule has 0 aliphatic rings. The first-order valence-electron chi connectivity index (χ1n) is 5.92. The molecular formula is C14H10BrN5. The van der Waals surface area contributed by atoms with Crippen molar-refractivity contribution in [3.63, 3.8) is 0 Å². The van der Waals surface area contributed by atoms with Crippen molar-refractivity contribution in [2.75, 3.05) is 5.73 Å². The van der Waals surface area contributed by atoms with Crippen LogP contribution in [0.4, 0.5) is 5.82 Å². The van der Waals surface area contributed by atoms with E-state index in [-0.39, 0.29) is 0 Å². The lowest BCUT2D eigenvalue weighted by Gasteiger charge is -2.03. The highest BCUT2D eigenvalue weighted by molar-refractivity contribution is 9.10. The molecule has 0 bridgehead atoms. The van der Waals surface area contributed by atoms with Crippen LogP contribution in [0.2, 0.25) is 0 Å². The Kier molecular flexibility index (Phi) is 2.92. The number of aryl methyl sites for hydroxylation is 1. The highest BCUT2D eigenvalue weighted by Gasteiger charge is 2.13. The maximum absolute atomic E-state index is 9.10. The van der Waals surface area contributed by atoms with Crippen molar-refractivity contribution in [3.05, 3.63) is 46.1 Å². The van der Waals surface area contributed by atoms with Crippen molar-refractivity contribution >= 4 is 27.4 Å². The molecule has 2 heterocycles. The van der Waals surface area contributed by atoms with Gasteiger partial charge in [0.25, 0.3) is 0 Å². The molecule has 2 N–H and O–H groups in total. The molecule has 0 unspecified atom stereocenters. The molecule has 0 fully saturated rings. The summed E-state index contributed by atoms with van der Waals surface area (Å²) in [6, 6.07) is 11.7. The lowest BCUT2D eigenvalue weighted by molar-refractivity contribution is 0.940. The predicted octanol–water partition coefficient (Wildman–Crippen LogP) is 2.92. The average Bonchev–Trinajstić information content (AvgIpc) is 2.83. The van der Waals surface area contributed by atoms with E-state index in [1.807, 2.05) is 30.3 Å².